The smallest absolute Gasteiger partial charge is 0.320 e. The molecule has 0 aliphatic heterocycles. The third-order valence-corrected chi connectivity index (χ3v) is 3.17. The van der Waals surface area contributed by atoms with Crippen LogP contribution in [0.2, 0.25) is 0 Å². The molecule has 0 fully saturated rings. The van der Waals surface area contributed by atoms with Crippen molar-refractivity contribution >= 4 is 11.8 Å². The fourth-order valence-corrected chi connectivity index (χ4v) is 1.95. The monoisotopic (exact) mass is 288 g/mol. The molecule has 3 N–H and O–H groups in total. The molecule has 2 amide bonds. The molecular formula is C15H20N4O2. The first-order valence-corrected chi connectivity index (χ1v) is 6.82. The first-order valence-electron chi connectivity index (χ1n) is 6.82. The quantitative estimate of drug-likeness (QED) is 0.779. The molecule has 2 rings (SSSR count). The van der Waals surface area contributed by atoms with Crippen LogP contribution in [0.4, 0.5) is 10.6 Å². The van der Waals surface area contributed by atoms with Gasteiger partial charge in [0.15, 0.2) is 5.82 Å². The number of benzene rings is 1. The zero-order chi connectivity index (χ0) is 15.2. The van der Waals surface area contributed by atoms with Gasteiger partial charge < -0.3 is 10.4 Å². The van der Waals surface area contributed by atoms with E-state index in [-0.39, 0.29) is 12.6 Å². The summed E-state index contributed by atoms with van der Waals surface area (Å²) in [7, 11) is 1.81. The number of aliphatic hydroxyl groups excluding tert-OH is 1. The Bertz CT molecular complexity index is 575. The van der Waals surface area contributed by atoms with Crippen LogP contribution in [0.3, 0.4) is 0 Å². The van der Waals surface area contributed by atoms with Gasteiger partial charge in [0.2, 0.25) is 0 Å². The van der Waals surface area contributed by atoms with Gasteiger partial charge in [-0.1, -0.05) is 30.3 Å². The molecule has 0 aliphatic carbocycles. The maximum absolute atomic E-state index is 11.7. The Morgan fingerprint density at radius 3 is 2.71 bits per heavy atom. The number of aryl methyl sites for hydroxylation is 2. The molecule has 1 heterocycles. The summed E-state index contributed by atoms with van der Waals surface area (Å²) in [5.74, 6) is 0.491. The van der Waals surface area contributed by atoms with Crippen molar-refractivity contribution < 1.29 is 9.90 Å². The van der Waals surface area contributed by atoms with Crippen molar-refractivity contribution in [2.45, 2.75) is 19.4 Å². The van der Waals surface area contributed by atoms with E-state index in [1.54, 1.807) is 10.7 Å². The van der Waals surface area contributed by atoms with Gasteiger partial charge in [0, 0.05) is 31.8 Å². The van der Waals surface area contributed by atoms with Crippen LogP contribution in [0.5, 0.6) is 0 Å². The third kappa shape index (κ3) is 4.61. The molecule has 6 heteroatoms. The first kappa shape index (κ1) is 15.1. The van der Waals surface area contributed by atoms with Crippen LogP contribution in [-0.4, -0.2) is 33.6 Å². The first-order chi connectivity index (χ1) is 10.0. The van der Waals surface area contributed by atoms with Crippen molar-refractivity contribution in [3.05, 3.63) is 47.7 Å². The Balaban J connectivity index is 1.76. The molecule has 1 atom stereocenters. The van der Waals surface area contributed by atoms with E-state index in [1.165, 1.54) is 0 Å². The van der Waals surface area contributed by atoms with E-state index < -0.39 is 6.10 Å². The van der Waals surface area contributed by atoms with Gasteiger partial charge in [-0.2, -0.15) is 5.10 Å². The minimum absolute atomic E-state index is 0.187. The maximum Gasteiger partial charge on any atom is 0.320 e. The molecule has 2 aromatic rings. The summed E-state index contributed by atoms with van der Waals surface area (Å²) < 4.78 is 1.68. The standard InChI is InChI=1S/C15H20N4O2/c1-11-8-14(18-19(11)2)17-15(21)16-10-13(20)9-12-6-4-3-5-7-12/h3-8,13,20H,9-10H2,1-2H3,(H2,16,17,18,21). The van der Waals surface area contributed by atoms with Crippen LogP contribution >= 0.6 is 0 Å². The van der Waals surface area contributed by atoms with Crippen LogP contribution in [0, 0.1) is 6.92 Å². The molecule has 6 nitrogen and oxygen atoms in total. The number of nitrogens with zero attached hydrogens (tertiary/aromatic N) is 2. The lowest BCUT2D eigenvalue weighted by molar-refractivity contribution is 0.172. The Labute approximate surface area is 123 Å². The molecule has 112 valence electrons. The number of nitrogens with one attached hydrogen (secondary N) is 2. The van der Waals surface area contributed by atoms with Gasteiger partial charge in [0.1, 0.15) is 0 Å². The molecule has 0 aliphatic rings. The van der Waals surface area contributed by atoms with Crippen LogP contribution in [0.25, 0.3) is 0 Å². The highest BCUT2D eigenvalue weighted by molar-refractivity contribution is 5.88. The third-order valence-electron chi connectivity index (χ3n) is 3.17. The number of aromatic nitrogens is 2. The Hall–Kier alpha value is -2.34. The number of aliphatic hydroxyl groups is 1. The van der Waals surface area contributed by atoms with Crippen LogP contribution in [-0.2, 0) is 13.5 Å². The minimum atomic E-state index is -0.622. The summed E-state index contributed by atoms with van der Waals surface area (Å²) in [6, 6.07) is 11.1. The number of urea groups is 1. The van der Waals surface area contributed by atoms with E-state index in [1.807, 2.05) is 44.3 Å². The second kappa shape index (κ2) is 6.90. The molecule has 1 unspecified atom stereocenters. The molecule has 0 saturated heterocycles. The van der Waals surface area contributed by atoms with Crippen LogP contribution in [0.1, 0.15) is 11.3 Å². The topological polar surface area (TPSA) is 79.2 Å². The zero-order valence-electron chi connectivity index (χ0n) is 12.2. The van der Waals surface area contributed by atoms with E-state index in [2.05, 4.69) is 15.7 Å². The lowest BCUT2D eigenvalue weighted by Crippen LogP contribution is -2.36. The van der Waals surface area contributed by atoms with Crippen molar-refractivity contribution in [3.63, 3.8) is 0 Å². The van der Waals surface area contributed by atoms with E-state index in [9.17, 15) is 9.90 Å². The van der Waals surface area contributed by atoms with Gasteiger partial charge in [-0.05, 0) is 12.5 Å². The molecule has 21 heavy (non-hydrogen) atoms. The number of hydrogen-bond donors (Lipinski definition) is 3. The molecule has 0 radical (unpaired) electrons. The van der Waals surface area contributed by atoms with Gasteiger partial charge in [-0.3, -0.25) is 10.00 Å². The number of anilines is 1. The average molecular weight is 288 g/mol. The van der Waals surface area contributed by atoms with Crippen molar-refractivity contribution in [1.82, 2.24) is 15.1 Å². The van der Waals surface area contributed by atoms with Gasteiger partial charge in [0.05, 0.1) is 6.10 Å². The molecule has 1 aromatic carbocycles. The number of hydrogen-bond acceptors (Lipinski definition) is 3. The summed E-state index contributed by atoms with van der Waals surface area (Å²) in [5, 5.41) is 19.3. The Morgan fingerprint density at radius 1 is 1.38 bits per heavy atom. The zero-order valence-corrected chi connectivity index (χ0v) is 12.2. The minimum Gasteiger partial charge on any atom is -0.391 e. The average Bonchev–Trinajstić information content (AvgIpc) is 2.76. The van der Waals surface area contributed by atoms with Crippen LogP contribution in [0.15, 0.2) is 36.4 Å². The van der Waals surface area contributed by atoms with Crippen molar-refractivity contribution in [3.8, 4) is 0 Å². The Kier molecular flexibility index (Phi) is 4.94. The molecule has 0 bridgehead atoms. The van der Waals surface area contributed by atoms with Crippen molar-refractivity contribution in [1.29, 1.82) is 0 Å². The second-order valence-electron chi connectivity index (χ2n) is 4.97. The summed E-state index contributed by atoms with van der Waals surface area (Å²) >= 11 is 0. The van der Waals surface area contributed by atoms with E-state index in [0.29, 0.717) is 12.2 Å². The highest BCUT2D eigenvalue weighted by Crippen LogP contribution is 2.06. The van der Waals surface area contributed by atoms with E-state index in [0.717, 1.165) is 11.3 Å². The summed E-state index contributed by atoms with van der Waals surface area (Å²) in [6.45, 7) is 2.09. The number of carbonyl (C=O) groups is 1. The lowest BCUT2D eigenvalue weighted by Gasteiger charge is -2.12. The molecule has 1 aromatic heterocycles. The van der Waals surface area contributed by atoms with Crippen LogP contribution < -0.4 is 10.6 Å². The van der Waals surface area contributed by atoms with Crippen molar-refractivity contribution in [2.24, 2.45) is 7.05 Å². The summed E-state index contributed by atoms with van der Waals surface area (Å²) in [5.41, 5.74) is 1.99. The predicted molar refractivity (Wildman–Crippen MR) is 81.1 cm³/mol. The predicted octanol–water partition coefficient (Wildman–Crippen LogP) is 1.45. The van der Waals surface area contributed by atoms with E-state index in [4.69, 9.17) is 0 Å². The Morgan fingerprint density at radius 2 is 2.10 bits per heavy atom. The number of carbonyl (C=O) groups excluding carboxylic acids is 1. The normalized spacial score (nSPS) is 12.0. The SMILES string of the molecule is Cc1cc(NC(=O)NCC(O)Cc2ccccc2)nn1C. The van der Waals surface area contributed by atoms with Crippen molar-refractivity contribution in [2.75, 3.05) is 11.9 Å². The molecule has 0 spiro atoms. The van der Waals surface area contributed by atoms with Gasteiger partial charge in [0.25, 0.3) is 0 Å². The van der Waals surface area contributed by atoms with Gasteiger partial charge >= 0.3 is 6.03 Å². The van der Waals surface area contributed by atoms with Gasteiger partial charge in [-0.15, -0.1) is 0 Å². The fraction of sp³-hybridized carbons (Fsp3) is 0.333. The lowest BCUT2D eigenvalue weighted by atomic mass is 10.1. The van der Waals surface area contributed by atoms with Gasteiger partial charge in [-0.25, -0.2) is 4.79 Å². The summed E-state index contributed by atoms with van der Waals surface area (Å²) in [4.78, 5) is 11.7. The summed E-state index contributed by atoms with van der Waals surface area (Å²) in [6.07, 6.45) is -0.118. The highest BCUT2D eigenvalue weighted by atomic mass is 16.3. The number of amides is 2. The second-order valence-corrected chi connectivity index (χ2v) is 4.97. The molecular weight excluding hydrogens is 268 g/mol. The highest BCUT2D eigenvalue weighted by Gasteiger charge is 2.09. The largest absolute Gasteiger partial charge is 0.391 e. The molecule has 0 saturated carbocycles. The van der Waals surface area contributed by atoms with E-state index >= 15 is 0 Å². The number of rotatable bonds is 5. The fourth-order valence-electron chi connectivity index (χ4n) is 1.95. The maximum atomic E-state index is 11.7.